The highest BCUT2D eigenvalue weighted by Crippen LogP contribution is 2.16. The van der Waals surface area contributed by atoms with E-state index in [0.717, 1.165) is 0 Å². The first kappa shape index (κ1) is 27.8. The Balaban J connectivity index is 2.30. The van der Waals surface area contributed by atoms with Crippen molar-refractivity contribution in [3.63, 3.8) is 0 Å². The van der Waals surface area contributed by atoms with E-state index in [4.69, 9.17) is 25.8 Å². The number of hydrogen-bond acceptors (Lipinski definition) is 8. The molecule has 0 aliphatic carbocycles. The number of esters is 3. The van der Waals surface area contributed by atoms with Crippen molar-refractivity contribution in [1.29, 1.82) is 0 Å². The van der Waals surface area contributed by atoms with Gasteiger partial charge in [-0.3, -0.25) is 0 Å². The van der Waals surface area contributed by atoms with Crippen molar-refractivity contribution in [2.24, 2.45) is 0 Å². The minimum Gasteiger partial charge on any atom is -0.478 e. The summed E-state index contributed by atoms with van der Waals surface area (Å²) in [7, 11) is 0. The third kappa shape index (κ3) is 9.03. The number of carboxylic acid groups (broad SMARTS) is 1. The van der Waals surface area contributed by atoms with Crippen LogP contribution in [0, 0.1) is 0 Å². The zero-order valence-electron chi connectivity index (χ0n) is 19.6. The summed E-state index contributed by atoms with van der Waals surface area (Å²) in [6.45, 7) is 5.84. The van der Waals surface area contributed by atoms with E-state index < -0.39 is 42.2 Å². The Bertz CT molecular complexity index is 1010. The van der Waals surface area contributed by atoms with Gasteiger partial charge in [-0.25, -0.2) is 19.2 Å². The first-order valence-corrected chi connectivity index (χ1v) is 11.3. The third-order valence-corrected chi connectivity index (χ3v) is 4.90. The first-order valence-electron chi connectivity index (χ1n) is 10.8. The molecule has 2 aromatic rings. The van der Waals surface area contributed by atoms with Gasteiger partial charge in [-0.05, 0) is 45.0 Å². The van der Waals surface area contributed by atoms with Crippen LogP contribution in [0.4, 0.5) is 0 Å². The Labute approximate surface area is 208 Å². The number of carbonyl (C=O) groups is 4. The second-order valence-electron chi connectivity index (χ2n) is 8.57. The number of hydrogen-bond donors (Lipinski definition) is 2. The number of benzene rings is 2. The van der Waals surface area contributed by atoms with Crippen LogP contribution < -0.4 is 5.32 Å². The summed E-state index contributed by atoms with van der Waals surface area (Å²) in [6.07, 6.45) is -5.14. The molecule has 0 unspecified atom stereocenters. The highest BCUT2D eigenvalue weighted by molar-refractivity contribution is 6.18. The smallest absolute Gasteiger partial charge is 0.352 e. The largest absolute Gasteiger partial charge is 0.478 e. The van der Waals surface area contributed by atoms with Crippen LogP contribution in [0.1, 0.15) is 41.5 Å². The Morgan fingerprint density at radius 3 is 1.69 bits per heavy atom. The van der Waals surface area contributed by atoms with E-state index in [2.05, 4.69) is 5.32 Å². The van der Waals surface area contributed by atoms with E-state index >= 15 is 0 Å². The SMILES string of the molecule is CC(C)(C)NC[C@H](CCl)OC(=O)[C@H](OC(=O)c1ccccc1)[C@@H](OC(=O)c1ccccc1)C(=O)O. The van der Waals surface area contributed by atoms with E-state index in [-0.39, 0.29) is 29.1 Å². The molecular formula is C25H28ClNO8. The van der Waals surface area contributed by atoms with Crippen LogP contribution in [-0.2, 0) is 23.8 Å². The fourth-order valence-electron chi connectivity index (χ4n) is 2.77. The van der Waals surface area contributed by atoms with Gasteiger partial charge < -0.3 is 24.6 Å². The maximum Gasteiger partial charge on any atom is 0.352 e. The minimum absolute atomic E-state index is 0.0493. The van der Waals surface area contributed by atoms with Crippen molar-refractivity contribution in [2.75, 3.05) is 12.4 Å². The van der Waals surface area contributed by atoms with Crippen LogP contribution in [0.15, 0.2) is 60.7 Å². The molecule has 0 bridgehead atoms. The van der Waals surface area contributed by atoms with Crippen LogP contribution >= 0.6 is 11.6 Å². The van der Waals surface area contributed by atoms with Crippen molar-refractivity contribution in [1.82, 2.24) is 5.32 Å². The lowest BCUT2D eigenvalue weighted by Gasteiger charge is -2.27. The Kier molecular flexibility index (Phi) is 10.2. The number of carbonyl (C=O) groups excluding carboxylic acids is 3. The minimum atomic E-state index is -2.17. The number of aliphatic carboxylic acids is 1. The summed E-state index contributed by atoms with van der Waals surface area (Å²) < 4.78 is 15.6. The molecule has 35 heavy (non-hydrogen) atoms. The van der Waals surface area contributed by atoms with Crippen LogP contribution in [0.2, 0.25) is 0 Å². The van der Waals surface area contributed by atoms with Gasteiger partial charge in [-0.15, -0.1) is 11.6 Å². The number of ether oxygens (including phenoxy) is 3. The topological polar surface area (TPSA) is 128 Å². The van der Waals surface area contributed by atoms with E-state index in [1.54, 1.807) is 36.4 Å². The molecule has 0 aliphatic heterocycles. The molecule has 0 amide bonds. The highest BCUT2D eigenvalue weighted by Gasteiger charge is 2.43. The Morgan fingerprint density at radius 2 is 1.29 bits per heavy atom. The molecule has 2 rings (SSSR count). The molecule has 0 aliphatic rings. The molecule has 0 saturated heterocycles. The monoisotopic (exact) mass is 505 g/mol. The van der Waals surface area contributed by atoms with Gasteiger partial charge in [-0.2, -0.15) is 0 Å². The number of rotatable bonds is 11. The van der Waals surface area contributed by atoms with E-state index in [1.165, 1.54) is 24.3 Å². The second-order valence-corrected chi connectivity index (χ2v) is 8.87. The van der Waals surface area contributed by atoms with Crippen molar-refractivity contribution in [2.45, 2.75) is 44.6 Å². The highest BCUT2D eigenvalue weighted by atomic mass is 35.5. The quantitative estimate of drug-likeness (QED) is 0.269. The van der Waals surface area contributed by atoms with E-state index in [0.29, 0.717) is 0 Å². The predicted molar refractivity (Wildman–Crippen MR) is 127 cm³/mol. The fourth-order valence-corrected chi connectivity index (χ4v) is 2.94. The molecule has 2 aromatic carbocycles. The van der Waals surface area contributed by atoms with Crippen LogP contribution in [-0.4, -0.2) is 65.3 Å². The maximum atomic E-state index is 13.0. The Hall–Kier alpha value is -3.43. The standard InChI is InChI=1S/C25H28ClNO8/c1-25(2,3)27-15-18(14-26)33-24(32)20(35-23(31)17-12-8-5-9-13-17)19(21(28)29)34-22(30)16-10-6-4-7-11-16/h4-13,18-20,27H,14-15H2,1-3H3,(H,28,29)/t18-,19+,20+/m0/s1. The summed E-state index contributed by atoms with van der Waals surface area (Å²) >= 11 is 5.93. The van der Waals surface area contributed by atoms with E-state index in [9.17, 15) is 24.3 Å². The third-order valence-electron chi connectivity index (χ3n) is 4.55. The van der Waals surface area contributed by atoms with Gasteiger partial charge in [0.1, 0.15) is 6.10 Å². The van der Waals surface area contributed by atoms with Crippen molar-refractivity contribution < 1.29 is 38.5 Å². The van der Waals surface area contributed by atoms with Crippen molar-refractivity contribution in [3.05, 3.63) is 71.8 Å². The number of carboxylic acids is 1. The van der Waals surface area contributed by atoms with E-state index in [1.807, 2.05) is 20.8 Å². The lowest BCUT2D eigenvalue weighted by molar-refractivity contribution is -0.173. The van der Waals surface area contributed by atoms with Gasteiger partial charge >= 0.3 is 23.9 Å². The summed E-state index contributed by atoms with van der Waals surface area (Å²) in [5, 5.41) is 12.9. The maximum absolute atomic E-state index is 13.0. The molecule has 0 spiro atoms. The van der Waals surface area contributed by atoms with Crippen molar-refractivity contribution >= 4 is 35.5 Å². The summed E-state index contributed by atoms with van der Waals surface area (Å²) in [4.78, 5) is 50.2. The molecule has 0 aromatic heterocycles. The number of alkyl halides is 1. The van der Waals surface area contributed by atoms with Crippen LogP contribution in [0.5, 0.6) is 0 Å². The molecule has 9 nitrogen and oxygen atoms in total. The fraction of sp³-hybridized carbons (Fsp3) is 0.360. The average molecular weight is 506 g/mol. The Morgan fingerprint density at radius 1 is 0.829 bits per heavy atom. The predicted octanol–water partition coefficient (Wildman–Crippen LogP) is 3.06. The molecule has 0 heterocycles. The molecular weight excluding hydrogens is 478 g/mol. The molecule has 2 N–H and O–H groups in total. The molecule has 188 valence electrons. The van der Waals surface area contributed by atoms with Gasteiger partial charge in [0.25, 0.3) is 0 Å². The molecule has 0 fully saturated rings. The average Bonchev–Trinajstić information content (AvgIpc) is 2.83. The second kappa shape index (κ2) is 12.9. The molecule has 3 atom stereocenters. The zero-order valence-corrected chi connectivity index (χ0v) is 20.4. The summed E-state index contributed by atoms with van der Waals surface area (Å²) in [6, 6.07) is 15.2. The lowest BCUT2D eigenvalue weighted by Crippen LogP contribution is -2.49. The summed E-state index contributed by atoms with van der Waals surface area (Å²) in [5.41, 5.74) is -0.203. The van der Waals surface area contributed by atoms with Gasteiger partial charge in [0.05, 0.1) is 17.0 Å². The van der Waals surface area contributed by atoms with Gasteiger partial charge in [-0.1, -0.05) is 36.4 Å². The van der Waals surface area contributed by atoms with Gasteiger partial charge in [0.2, 0.25) is 12.2 Å². The lowest BCUT2D eigenvalue weighted by atomic mass is 10.1. The molecule has 10 heteroatoms. The number of nitrogens with one attached hydrogen (secondary N) is 1. The number of halogens is 1. The normalized spacial score (nSPS) is 13.7. The van der Waals surface area contributed by atoms with Crippen molar-refractivity contribution in [3.8, 4) is 0 Å². The van der Waals surface area contributed by atoms with Gasteiger partial charge in [0.15, 0.2) is 0 Å². The molecule has 0 saturated carbocycles. The van der Waals surface area contributed by atoms with Gasteiger partial charge in [0, 0.05) is 12.1 Å². The first-order chi connectivity index (χ1) is 16.5. The van der Waals surface area contributed by atoms with Crippen LogP contribution in [0.3, 0.4) is 0 Å². The zero-order chi connectivity index (χ0) is 26.0. The summed E-state index contributed by atoms with van der Waals surface area (Å²) in [5.74, 6) is -5.05. The molecule has 0 radical (unpaired) electrons. The van der Waals surface area contributed by atoms with Crippen LogP contribution in [0.25, 0.3) is 0 Å².